The molecule has 2 aromatic rings. The SMILES string of the molecule is CCOc1ccccc1N=C1SC[C@@H](C)N1C(=O)c1ccc(C#N)cc1. The highest BCUT2D eigenvalue weighted by Gasteiger charge is 2.33. The Morgan fingerprint density at radius 3 is 2.73 bits per heavy atom. The quantitative estimate of drug-likeness (QED) is 0.813. The zero-order valence-electron chi connectivity index (χ0n) is 14.7. The van der Waals surface area contributed by atoms with E-state index in [1.807, 2.05) is 38.1 Å². The highest BCUT2D eigenvalue weighted by molar-refractivity contribution is 8.14. The van der Waals surface area contributed by atoms with Crippen molar-refractivity contribution in [3.63, 3.8) is 0 Å². The molecule has 1 aliphatic heterocycles. The number of nitriles is 1. The molecule has 6 heteroatoms. The number of carbonyl (C=O) groups is 1. The molecule has 1 amide bonds. The number of rotatable bonds is 4. The third kappa shape index (κ3) is 3.73. The highest BCUT2D eigenvalue weighted by Crippen LogP contribution is 2.33. The van der Waals surface area contributed by atoms with Gasteiger partial charge in [-0.1, -0.05) is 23.9 Å². The number of hydrogen-bond acceptors (Lipinski definition) is 5. The fraction of sp³-hybridized carbons (Fsp3) is 0.250. The number of thioether (sulfide) groups is 1. The van der Waals surface area contributed by atoms with E-state index in [9.17, 15) is 4.79 Å². The standard InChI is InChI=1S/C20H19N3O2S/c1-3-25-18-7-5-4-6-17(18)22-20-23(14(2)13-26-20)19(24)16-10-8-15(12-21)9-11-16/h4-11,14H,3,13H2,1-2H3/t14-/m1/s1. The van der Waals surface area contributed by atoms with Gasteiger partial charge in [0, 0.05) is 17.4 Å². The van der Waals surface area contributed by atoms with E-state index < -0.39 is 0 Å². The van der Waals surface area contributed by atoms with Crippen LogP contribution in [0.2, 0.25) is 0 Å². The number of amidine groups is 1. The number of para-hydroxylation sites is 2. The molecular formula is C20H19N3O2S. The molecule has 0 spiro atoms. The second-order valence-corrected chi connectivity index (χ2v) is 6.81. The first kappa shape index (κ1) is 18.0. The highest BCUT2D eigenvalue weighted by atomic mass is 32.2. The molecule has 1 heterocycles. The molecule has 1 saturated heterocycles. The Morgan fingerprint density at radius 1 is 1.31 bits per heavy atom. The van der Waals surface area contributed by atoms with Crippen molar-refractivity contribution in [2.24, 2.45) is 4.99 Å². The Balaban J connectivity index is 1.92. The average molecular weight is 365 g/mol. The molecular weight excluding hydrogens is 346 g/mol. The zero-order valence-corrected chi connectivity index (χ0v) is 15.5. The molecule has 0 radical (unpaired) electrons. The molecule has 1 aliphatic rings. The predicted molar refractivity (Wildman–Crippen MR) is 104 cm³/mol. The summed E-state index contributed by atoms with van der Waals surface area (Å²) in [6.07, 6.45) is 0. The van der Waals surface area contributed by atoms with Crippen molar-refractivity contribution in [3.05, 3.63) is 59.7 Å². The minimum atomic E-state index is -0.111. The van der Waals surface area contributed by atoms with Crippen molar-refractivity contribution in [2.45, 2.75) is 19.9 Å². The van der Waals surface area contributed by atoms with Crippen LogP contribution in [-0.2, 0) is 0 Å². The van der Waals surface area contributed by atoms with Crippen LogP contribution in [0.5, 0.6) is 5.75 Å². The van der Waals surface area contributed by atoms with Crippen molar-refractivity contribution in [1.82, 2.24) is 4.90 Å². The van der Waals surface area contributed by atoms with Crippen molar-refractivity contribution in [3.8, 4) is 11.8 Å². The van der Waals surface area contributed by atoms with Crippen molar-refractivity contribution >= 4 is 28.5 Å². The normalized spacial score (nSPS) is 18.0. The molecule has 3 rings (SSSR count). The lowest BCUT2D eigenvalue weighted by molar-refractivity contribution is 0.0828. The molecule has 0 saturated carbocycles. The number of ether oxygens (including phenoxy) is 1. The average Bonchev–Trinajstić information content (AvgIpc) is 3.03. The van der Waals surface area contributed by atoms with Gasteiger partial charge in [0.2, 0.25) is 0 Å². The maximum Gasteiger partial charge on any atom is 0.260 e. The number of hydrogen-bond donors (Lipinski definition) is 0. The molecule has 0 aliphatic carbocycles. The third-order valence-corrected chi connectivity index (χ3v) is 5.16. The maximum atomic E-state index is 13.0. The van der Waals surface area contributed by atoms with E-state index >= 15 is 0 Å². The van der Waals surface area contributed by atoms with Gasteiger partial charge >= 0.3 is 0 Å². The van der Waals surface area contributed by atoms with Gasteiger partial charge in [0.05, 0.1) is 18.2 Å². The largest absolute Gasteiger partial charge is 0.492 e. The fourth-order valence-electron chi connectivity index (χ4n) is 2.66. The van der Waals surface area contributed by atoms with Crippen LogP contribution in [0, 0.1) is 11.3 Å². The lowest BCUT2D eigenvalue weighted by Crippen LogP contribution is -2.37. The molecule has 0 bridgehead atoms. The minimum absolute atomic E-state index is 0.0427. The Morgan fingerprint density at radius 2 is 2.04 bits per heavy atom. The van der Waals surface area contributed by atoms with Gasteiger partial charge in [-0.05, 0) is 50.2 Å². The van der Waals surface area contributed by atoms with Crippen molar-refractivity contribution in [2.75, 3.05) is 12.4 Å². The summed E-state index contributed by atoms with van der Waals surface area (Å²) in [5.74, 6) is 1.38. The van der Waals surface area contributed by atoms with Gasteiger partial charge < -0.3 is 4.74 Å². The molecule has 2 aromatic carbocycles. The van der Waals surface area contributed by atoms with Gasteiger partial charge in [0.1, 0.15) is 11.4 Å². The van der Waals surface area contributed by atoms with Crippen LogP contribution < -0.4 is 4.74 Å². The van der Waals surface area contributed by atoms with E-state index in [-0.39, 0.29) is 11.9 Å². The number of nitrogens with zero attached hydrogens (tertiary/aromatic N) is 3. The summed E-state index contributed by atoms with van der Waals surface area (Å²) in [7, 11) is 0. The van der Waals surface area contributed by atoms with Gasteiger partial charge in [-0.25, -0.2) is 4.99 Å². The summed E-state index contributed by atoms with van der Waals surface area (Å²) >= 11 is 1.56. The van der Waals surface area contributed by atoms with Crippen molar-refractivity contribution < 1.29 is 9.53 Å². The second kappa shape index (κ2) is 8.07. The predicted octanol–water partition coefficient (Wildman–Crippen LogP) is 4.22. The minimum Gasteiger partial charge on any atom is -0.492 e. The van der Waals surface area contributed by atoms with Gasteiger partial charge in [0.25, 0.3) is 5.91 Å². The first-order valence-corrected chi connectivity index (χ1v) is 9.39. The topological polar surface area (TPSA) is 65.7 Å². The second-order valence-electron chi connectivity index (χ2n) is 5.82. The van der Waals surface area contributed by atoms with Gasteiger partial charge in [0.15, 0.2) is 5.17 Å². The molecule has 0 unspecified atom stereocenters. The van der Waals surface area contributed by atoms with Gasteiger partial charge in [-0.3, -0.25) is 9.69 Å². The van der Waals surface area contributed by atoms with E-state index in [1.54, 1.807) is 40.9 Å². The van der Waals surface area contributed by atoms with Crippen LogP contribution >= 0.6 is 11.8 Å². The van der Waals surface area contributed by atoms with E-state index in [4.69, 9.17) is 15.0 Å². The lowest BCUT2D eigenvalue weighted by Gasteiger charge is -2.21. The Labute approximate surface area is 157 Å². The van der Waals surface area contributed by atoms with E-state index in [0.29, 0.717) is 34.3 Å². The maximum absolute atomic E-state index is 13.0. The summed E-state index contributed by atoms with van der Waals surface area (Å²) in [4.78, 5) is 19.4. The lowest BCUT2D eigenvalue weighted by atomic mass is 10.1. The van der Waals surface area contributed by atoms with Crippen LogP contribution in [0.1, 0.15) is 29.8 Å². The smallest absolute Gasteiger partial charge is 0.260 e. The summed E-state index contributed by atoms with van der Waals surface area (Å²) < 4.78 is 5.63. The van der Waals surface area contributed by atoms with E-state index in [0.717, 1.165) is 5.75 Å². The molecule has 5 nitrogen and oxygen atoms in total. The van der Waals surface area contributed by atoms with E-state index in [2.05, 4.69) is 6.07 Å². The summed E-state index contributed by atoms with van der Waals surface area (Å²) in [6.45, 7) is 4.49. The number of amides is 1. The zero-order chi connectivity index (χ0) is 18.5. The molecule has 132 valence electrons. The molecule has 1 fully saturated rings. The third-order valence-electron chi connectivity index (χ3n) is 3.96. The Kier molecular flexibility index (Phi) is 5.59. The first-order chi connectivity index (χ1) is 12.6. The molecule has 1 atom stereocenters. The molecule has 26 heavy (non-hydrogen) atoms. The summed E-state index contributed by atoms with van der Waals surface area (Å²) in [5, 5.41) is 9.58. The van der Waals surface area contributed by atoms with Crippen molar-refractivity contribution in [1.29, 1.82) is 5.26 Å². The van der Waals surface area contributed by atoms with Crippen LogP contribution in [0.15, 0.2) is 53.5 Å². The van der Waals surface area contributed by atoms with Crippen LogP contribution in [0.4, 0.5) is 5.69 Å². The van der Waals surface area contributed by atoms with Gasteiger partial charge in [-0.15, -0.1) is 0 Å². The molecule has 0 N–H and O–H groups in total. The summed E-state index contributed by atoms with van der Waals surface area (Å²) in [5.41, 5.74) is 1.79. The van der Waals surface area contributed by atoms with Crippen LogP contribution in [0.3, 0.4) is 0 Å². The molecule has 0 aromatic heterocycles. The monoisotopic (exact) mass is 365 g/mol. The van der Waals surface area contributed by atoms with Crippen LogP contribution in [-0.4, -0.2) is 34.4 Å². The Bertz CT molecular complexity index is 871. The number of aliphatic imine (C=N–C) groups is 1. The number of benzene rings is 2. The van der Waals surface area contributed by atoms with Crippen LogP contribution in [0.25, 0.3) is 0 Å². The van der Waals surface area contributed by atoms with E-state index in [1.165, 1.54) is 0 Å². The Hall–Kier alpha value is -2.78. The first-order valence-electron chi connectivity index (χ1n) is 8.41. The summed E-state index contributed by atoms with van der Waals surface area (Å²) in [6, 6.07) is 16.3. The fourth-order valence-corrected chi connectivity index (χ4v) is 3.76. The number of carbonyl (C=O) groups excluding carboxylic acids is 1. The van der Waals surface area contributed by atoms with Gasteiger partial charge in [-0.2, -0.15) is 5.26 Å².